The number of nitrogens with zero attached hydrogens (tertiary/aromatic N) is 1. The lowest BCUT2D eigenvalue weighted by Crippen LogP contribution is -2.51. The third kappa shape index (κ3) is 3.70. The predicted molar refractivity (Wildman–Crippen MR) is 64.3 cm³/mol. The summed E-state index contributed by atoms with van der Waals surface area (Å²) in [6.45, 7) is 4.18. The standard InChI is InChI=1S/C12H22N2O3/c1-3-14(9(2)8-15)12(17)10-6-4-5-7-11(16)13-10/h9-10,15H,3-8H2,1-2H3,(H,13,16)/t9-,10+/m0/s1. The molecule has 1 aliphatic rings. The summed E-state index contributed by atoms with van der Waals surface area (Å²) in [7, 11) is 0. The highest BCUT2D eigenvalue weighted by Gasteiger charge is 2.28. The van der Waals surface area contributed by atoms with E-state index in [1.807, 2.05) is 6.92 Å². The SMILES string of the molecule is CCN(C(=O)[C@H]1CCCCC(=O)N1)[C@@H](C)CO. The van der Waals surface area contributed by atoms with E-state index >= 15 is 0 Å². The third-order valence-corrected chi connectivity index (χ3v) is 3.20. The Bertz CT molecular complexity index is 281. The lowest BCUT2D eigenvalue weighted by Gasteiger charge is -2.30. The topological polar surface area (TPSA) is 69.6 Å². The molecule has 0 bridgehead atoms. The molecule has 1 saturated heterocycles. The van der Waals surface area contributed by atoms with Crippen molar-refractivity contribution < 1.29 is 14.7 Å². The minimum absolute atomic E-state index is 0.0476. The van der Waals surface area contributed by atoms with Gasteiger partial charge >= 0.3 is 0 Å². The van der Waals surface area contributed by atoms with E-state index in [2.05, 4.69) is 5.32 Å². The van der Waals surface area contributed by atoms with Crippen LogP contribution < -0.4 is 5.32 Å². The maximum absolute atomic E-state index is 12.2. The molecule has 1 fully saturated rings. The van der Waals surface area contributed by atoms with Crippen LogP contribution >= 0.6 is 0 Å². The average Bonchev–Trinajstić information content (AvgIpc) is 2.54. The van der Waals surface area contributed by atoms with Crippen LogP contribution in [0.25, 0.3) is 0 Å². The second kappa shape index (κ2) is 6.59. The molecule has 1 rings (SSSR count). The average molecular weight is 242 g/mol. The molecule has 0 aliphatic carbocycles. The minimum Gasteiger partial charge on any atom is -0.394 e. The molecule has 17 heavy (non-hydrogen) atoms. The van der Waals surface area contributed by atoms with Crippen molar-refractivity contribution in [3.8, 4) is 0 Å². The van der Waals surface area contributed by atoms with Crippen LogP contribution in [0.2, 0.25) is 0 Å². The molecule has 5 nitrogen and oxygen atoms in total. The zero-order valence-electron chi connectivity index (χ0n) is 10.6. The first kappa shape index (κ1) is 14.0. The number of carbonyl (C=O) groups is 2. The van der Waals surface area contributed by atoms with Crippen molar-refractivity contribution in [1.29, 1.82) is 0 Å². The first-order valence-corrected chi connectivity index (χ1v) is 6.30. The molecule has 0 spiro atoms. The van der Waals surface area contributed by atoms with Gasteiger partial charge in [-0.05, 0) is 26.7 Å². The van der Waals surface area contributed by atoms with Crippen LogP contribution in [0.1, 0.15) is 39.5 Å². The Labute approximate surface area is 102 Å². The highest BCUT2D eigenvalue weighted by Crippen LogP contribution is 2.13. The molecule has 0 unspecified atom stereocenters. The number of hydrogen-bond acceptors (Lipinski definition) is 3. The van der Waals surface area contributed by atoms with Crippen LogP contribution in [0.3, 0.4) is 0 Å². The van der Waals surface area contributed by atoms with Gasteiger partial charge in [-0.3, -0.25) is 9.59 Å². The molecule has 0 aromatic carbocycles. The van der Waals surface area contributed by atoms with Gasteiger partial charge in [0, 0.05) is 13.0 Å². The first-order chi connectivity index (χ1) is 8.10. The van der Waals surface area contributed by atoms with Crippen molar-refractivity contribution in [2.45, 2.75) is 51.6 Å². The summed E-state index contributed by atoms with van der Waals surface area (Å²) < 4.78 is 0. The van der Waals surface area contributed by atoms with Gasteiger partial charge in [-0.2, -0.15) is 0 Å². The quantitative estimate of drug-likeness (QED) is 0.743. The smallest absolute Gasteiger partial charge is 0.245 e. The predicted octanol–water partition coefficient (Wildman–Crippen LogP) is 0.274. The lowest BCUT2D eigenvalue weighted by atomic mass is 10.1. The Kier molecular flexibility index (Phi) is 5.41. The number of carbonyl (C=O) groups excluding carboxylic acids is 2. The summed E-state index contributed by atoms with van der Waals surface area (Å²) >= 11 is 0. The van der Waals surface area contributed by atoms with Crippen molar-refractivity contribution >= 4 is 11.8 Å². The van der Waals surface area contributed by atoms with Gasteiger partial charge in [0.25, 0.3) is 0 Å². The number of nitrogens with one attached hydrogen (secondary N) is 1. The van der Waals surface area contributed by atoms with E-state index in [-0.39, 0.29) is 24.5 Å². The van der Waals surface area contributed by atoms with Gasteiger partial charge in [0.05, 0.1) is 12.6 Å². The maximum atomic E-state index is 12.2. The number of hydrogen-bond donors (Lipinski definition) is 2. The molecule has 0 saturated carbocycles. The maximum Gasteiger partial charge on any atom is 0.245 e. The van der Waals surface area contributed by atoms with Crippen molar-refractivity contribution in [3.05, 3.63) is 0 Å². The van der Waals surface area contributed by atoms with Crippen molar-refractivity contribution in [3.63, 3.8) is 0 Å². The van der Waals surface area contributed by atoms with Crippen LogP contribution in [0, 0.1) is 0 Å². The molecule has 2 N–H and O–H groups in total. The number of likely N-dealkylation sites (N-methyl/N-ethyl adjacent to an activating group) is 1. The van der Waals surface area contributed by atoms with Crippen LogP contribution in [-0.2, 0) is 9.59 Å². The van der Waals surface area contributed by atoms with E-state index in [0.29, 0.717) is 19.4 Å². The largest absolute Gasteiger partial charge is 0.394 e. The van der Waals surface area contributed by atoms with Crippen molar-refractivity contribution in [2.75, 3.05) is 13.2 Å². The van der Waals surface area contributed by atoms with E-state index in [1.165, 1.54) is 0 Å². The summed E-state index contributed by atoms with van der Waals surface area (Å²) in [4.78, 5) is 25.3. The molecule has 98 valence electrons. The second-order valence-electron chi connectivity index (χ2n) is 4.52. The van der Waals surface area contributed by atoms with Gasteiger partial charge in [0.2, 0.25) is 11.8 Å². The fourth-order valence-electron chi connectivity index (χ4n) is 2.14. The summed E-state index contributed by atoms with van der Waals surface area (Å²) in [6, 6.07) is -0.619. The second-order valence-corrected chi connectivity index (χ2v) is 4.52. The van der Waals surface area contributed by atoms with E-state index in [0.717, 1.165) is 12.8 Å². The zero-order chi connectivity index (χ0) is 12.8. The Morgan fingerprint density at radius 3 is 2.88 bits per heavy atom. The van der Waals surface area contributed by atoms with Crippen LogP contribution in [0.5, 0.6) is 0 Å². The number of amides is 2. The van der Waals surface area contributed by atoms with Gasteiger partial charge in [0.1, 0.15) is 6.04 Å². The summed E-state index contributed by atoms with van der Waals surface area (Å²) in [6.07, 6.45) is 2.93. The normalized spacial score (nSPS) is 22.5. The first-order valence-electron chi connectivity index (χ1n) is 6.30. The Hall–Kier alpha value is -1.10. The van der Waals surface area contributed by atoms with Crippen molar-refractivity contribution in [2.24, 2.45) is 0 Å². The van der Waals surface area contributed by atoms with Gasteiger partial charge in [-0.1, -0.05) is 6.42 Å². The van der Waals surface area contributed by atoms with Gasteiger partial charge in [0.15, 0.2) is 0 Å². The monoisotopic (exact) mass is 242 g/mol. The van der Waals surface area contributed by atoms with Gasteiger partial charge in [-0.15, -0.1) is 0 Å². The lowest BCUT2D eigenvalue weighted by molar-refractivity contribution is -0.138. The molecule has 5 heteroatoms. The minimum atomic E-state index is -0.418. The molecule has 0 radical (unpaired) electrons. The molecule has 2 atom stereocenters. The molecule has 0 aromatic rings. The van der Waals surface area contributed by atoms with E-state index < -0.39 is 6.04 Å². The fourth-order valence-corrected chi connectivity index (χ4v) is 2.14. The highest BCUT2D eigenvalue weighted by atomic mass is 16.3. The molecule has 2 amide bonds. The van der Waals surface area contributed by atoms with E-state index in [9.17, 15) is 9.59 Å². The fraction of sp³-hybridized carbons (Fsp3) is 0.833. The van der Waals surface area contributed by atoms with Crippen LogP contribution in [0.15, 0.2) is 0 Å². The van der Waals surface area contributed by atoms with Gasteiger partial charge in [-0.25, -0.2) is 0 Å². The summed E-state index contributed by atoms with van der Waals surface area (Å²) in [5.74, 6) is -0.127. The summed E-state index contributed by atoms with van der Waals surface area (Å²) in [5.41, 5.74) is 0. The molecule has 0 aromatic heterocycles. The number of aliphatic hydroxyl groups excluding tert-OH is 1. The van der Waals surface area contributed by atoms with E-state index in [4.69, 9.17) is 5.11 Å². The molecule has 1 heterocycles. The zero-order valence-corrected chi connectivity index (χ0v) is 10.6. The Balaban J connectivity index is 2.68. The van der Waals surface area contributed by atoms with Crippen LogP contribution in [-0.4, -0.2) is 47.1 Å². The Morgan fingerprint density at radius 1 is 1.59 bits per heavy atom. The third-order valence-electron chi connectivity index (χ3n) is 3.20. The van der Waals surface area contributed by atoms with Crippen molar-refractivity contribution in [1.82, 2.24) is 10.2 Å². The van der Waals surface area contributed by atoms with E-state index in [1.54, 1.807) is 11.8 Å². The van der Waals surface area contributed by atoms with Crippen LogP contribution in [0.4, 0.5) is 0 Å². The number of aliphatic hydroxyl groups is 1. The molecule has 1 aliphatic heterocycles. The highest BCUT2D eigenvalue weighted by molar-refractivity contribution is 5.88. The number of rotatable bonds is 4. The Morgan fingerprint density at radius 2 is 2.29 bits per heavy atom. The molecular weight excluding hydrogens is 220 g/mol. The van der Waals surface area contributed by atoms with Gasteiger partial charge < -0.3 is 15.3 Å². The summed E-state index contributed by atoms with van der Waals surface area (Å²) in [5, 5.41) is 11.9. The molecular formula is C12H22N2O3.